The van der Waals surface area contributed by atoms with Crippen LogP contribution < -0.4 is 5.32 Å². The van der Waals surface area contributed by atoms with Gasteiger partial charge < -0.3 is 10.1 Å². The zero-order valence-corrected chi connectivity index (χ0v) is 17.3. The van der Waals surface area contributed by atoms with Crippen LogP contribution in [0.4, 0.5) is 5.82 Å². The Hall–Kier alpha value is -2.99. The number of esters is 1. The number of benzene rings is 2. The molecule has 0 saturated heterocycles. The number of hydrogen-bond donors (Lipinski definition) is 1. The number of rotatable bonds is 7. The summed E-state index contributed by atoms with van der Waals surface area (Å²) < 4.78 is 6.18. The summed E-state index contributed by atoms with van der Waals surface area (Å²) in [6, 6.07) is 18.4. The minimum Gasteiger partial charge on any atom is -0.468 e. The number of fused-ring (bicyclic) bond motifs is 3. The van der Waals surface area contributed by atoms with Crippen molar-refractivity contribution in [3.63, 3.8) is 0 Å². The van der Waals surface area contributed by atoms with E-state index in [0.717, 1.165) is 32.5 Å². The second-order valence-electron chi connectivity index (χ2n) is 6.91. The van der Waals surface area contributed by atoms with E-state index < -0.39 is 5.92 Å². The Bertz CT molecular complexity index is 1140. The van der Waals surface area contributed by atoms with E-state index in [2.05, 4.69) is 29.6 Å². The van der Waals surface area contributed by atoms with Crippen LogP contribution in [0.1, 0.15) is 37.1 Å². The quantitative estimate of drug-likeness (QED) is 0.411. The maximum absolute atomic E-state index is 12.4. The van der Waals surface area contributed by atoms with Crippen molar-refractivity contribution in [1.29, 1.82) is 0 Å². The SMILES string of the molecule is CCCC(C(=O)OC)c1nc(NCc2ccccc2)c2c(n1)sc1ccccc12. The van der Waals surface area contributed by atoms with Crippen molar-refractivity contribution < 1.29 is 9.53 Å². The highest BCUT2D eigenvalue weighted by Crippen LogP contribution is 2.37. The van der Waals surface area contributed by atoms with Gasteiger partial charge in [-0.15, -0.1) is 11.3 Å². The average Bonchev–Trinajstić information content (AvgIpc) is 3.14. The molecule has 0 spiro atoms. The van der Waals surface area contributed by atoms with Crippen molar-refractivity contribution in [2.45, 2.75) is 32.2 Å². The molecule has 4 rings (SSSR count). The zero-order chi connectivity index (χ0) is 20.2. The number of thiophene rings is 1. The van der Waals surface area contributed by atoms with E-state index in [1.54, 1.807) is 11.3 Å². The van der Waals surface area contributed by atoms with Crippen molar-refractivity contribution in [1.82, 2.24) is 9.97 Å². The minimum atomic E-state index is -0.461. The maximum atomic E-state index is 12.4. The summed E-state index contributed by atoms with van der Waals surface area (Å²) >= 11 is 1.62. The van der Waals surface area contributed by atoms with Gasteiger partial charge in [0.05, 0.1) is 12.5 Å². The summed E-state index contributed by atoms with van der Waals surface area (Å²) in [5.41, 5.74) is 1.17. The number of nitrogens with one attached hydrogen (secondary N) is 1. The first-order chi connectivity index (χ1) is 14.2. The van der Waals surface area contributed by atoms with Crippen molar-refractivity contribution in [3.8, 4) is 0 Å². The lowest BCUT2D eigenvalue weighted by Crippen LogP contribution is -2.18. The van der Waals surface area contributed by atoms with Gasteiger partial charge in [0.15, 0.2) is 0 Å². The van der Waals surface area contributed by atoms with Gasteiger partial charge in [-0.2, -0.15) is 0 Å². The molecule has 1 unspecified atom stereocenters. The average molecular weight is 406 g/mol. The molecule has 0 bridgehead atoms. The van der Waals surface area contributed by atoms with Gasteiger partial charge in [0, 0.05) is 16.6 Å². The van der Waals surface area contributed by atoms with Crippen LogP contribution in [0.3, 0.4) is 0 Å². The van der Waals surface area contributed by atoms with E-state index in [4.69, 9.17) is 14.7 Å². The molecule has 0 saturated carbocycles. The molecule has 0 aliphatic rings. The molecule has 0 aliphatic heterocycles. The van der Waals surface area contributed by atoms with E-state index in [1.807, 2.05) is 37.3 Å². The third-order valence-corrected chi connectivity index (χ3v) is 6.00. The van der Waals surface area contributed by atoms with E-state index in [1.165, 1.54) is 12.7 Å². The van der Waals surface area contributed by atoms with Crippen LogP contribution in [-0.4, -0.2) is 23.0 Å². The van der Waals surface area contributed by atoms with Gasteiger partial charge in [-0.05, 0) is 18.1 Å². The fourth-order valence-electron chi connectivity index (χ4n) is 3.49. The van der Waals surface area contributed by atoms with Crippen molar-refractivity contribution in [3.05, 3.63) is 66.0 Å². The van der Waals surface area contributed by atoms with Crippen LogP contribution in [0.2, 0.25) is 0 Å². The van der Waals surface area contributed by atoms with Gasteiger partial charge in [-0.1, -0.05) is 61.9 Å². The summed E-state index contributed by atoms with van der Waals surface area (Å²) in [6.45, 7) is 2.69. The molecule has 0 fully saturated rings. The Morgan fingerprint density at radius 2 is 1.86 bits per heavy atom. The number of carbonyl (C=O) groups excluding carboxylic acids is 1. The van der Waals surface area contributed by atoms with Crippen LogP contribution in [-0.2, 0) is 16.1 Å². The number of ether oxygens (including phenoxy) is 1. The van der Waals surface area contributed by atoms with Crippen LogP contribution in [0, 0.1) is 0 Å². The molecule has 1 N–H and O–H groups in total. The molecule has 148 valence electrons. The van der Waals surface area contributed by atoms with Crippen molar-refractivity contribution >= 4 is 43.4 Å². The molecular formula is C23H23N3O2S. The maximum Gasteiger partial charge on any atom is 0.316 e. The zero-order valence-electron chi connectivity index (χ0n) is 16.5. The fraction of sp³-hybridized carbons (Fsp3) is 0.261. The second-order valence-corrected chi connectivity index (χ2v) is 7.94. The highest BCUT2D eigenvalue weighted by Gasteiger charge is 2.26. The summed E-state index contributed by atoms with van der Waals surface area (Å²) in [7, 11) is 1.41. The standard InChI is InChI=1S/C23H23N3O2S/c1-3-9-17(23(27)28-2)20-25-21(24-14-15-10-5-4-6-11-15)19-16-12-7-8-13-18(16)29-22(19)26-20/h4-8,10-13,17H,3,9,14H2,1-2H3,(H,24,25,26). The molecule has 0 radical (unpaired) electrons. The van der Waals surface area contributed by atoms with Crippen LogP contribution >= 0.6 is 11.3 Å². The van der Waals surface area contributed by atoms with Gasteiger partial charge in [0.2, 0.25) is 0 Å². The molecule has 6 heteroatoms. The number of anilines is 1. The molecule has 1 atom stereocenters. The molecule has 4 aromatic rings. The molecular weight excluding hydrogens is 382 g/mol. The van der Waals surface area contributed by atoms with Crippen LogP contribution in [0.5, 0.6) is 0 Å². The smallest absolute Gasteiger partial charge is 0.316 e. The molecule has 0 aliphatic carbocycles. The Kier molecular flexibility index (Phi) is 5.71. The van der Waals surface area contributed by atoms with Gasteiger partial charge >= 0.3 is 5.97 Å². The Balaban J connectivity index is 1.83. The second kappa shape index (κ2) is 8.57. The van der Waals surface area contributed by atoms with E-state index in [-0.39, 0.29) is 5.97 Å². The third-order valence-electron chi connectivity index (χ3n) is 4.93. The summed E-state index contributed by atoms with van der Waals surface area (Å²) in [5.74, 6) is 0.530. The van der Waals surface area contributed by atoms with E-state index >= 15 is 0 Å². The number of hydrogen-bond acceptors (Lipinski definition) is 6. The highest BCUT2D eigenvalue weighted by molar-refractivity contribution is 7.25. The van der Waals surface area contributed by atoms with Crippen molar-refractivity contribution in [2.24, 2.45) is 0 Å². The topological polar surface area (TPSA) is 64.1 Å². The summed E-state index contributed by atoms with van der Waals surface area (Å²) in [4.78, 5) is 22.9. The molecule has 0 amide bonds. The van der Waals surface area contributed by atoms with Gasteiger partial charge in [0.1, 0.15) is 22.4 Å². The predicted molar refractivity (Wildman–Crippen MR) is 118 cm³/mol. The van der Waals surface area contributed by atoms with Crippen LogP contribution in [0.15, 0.2) is 54.6 Å². The van der Waals surface area contributed by atoms with E-state index in [9.17, 15) is 4.79 Å². The Morgan fingerprint density at radius 3 is 2.62 bits per heavy atom. The number of methoxy groups -OCH3 is 1. The number of aromatic nitrogens is 2. The molecule has 2 aromatic carbocycles. The van der Waals surface area contributed by atoms with E-state index in [0.29, 0.717) is 18.8 Å². The minimum absolute atomic E-state index is 0.290. The fourth-order valence-corrected chi connectivity index (χ4v) is 4.57. The van der Waals surface area contributed by atoms with Crippen LogP contribution in [0.25, 0.3) is 20.3 Å². The first-order valence-corrected chi connectivity index (χ1v) is 10.6. The Morgan fingerprint density at radius 1 is 1.10 bits per heavy atom. The van der Waals surface area contributed by atoms with Gasteiger partial charge in [-0.25, -0.2) is 9.97 Å². The number of carbonyl (C=O) groups is 1. The van der Waals surface area contributed by atoms with Gasteiger partial charge in [-0.3, -0.25) is 4.79 Å². The summed E-state index contributed by atoms with van der Waals surface area (Å²) in [5, 5.41) is 5.61. The number of nitrogens with zero attached hydrogens (tertiary/aromatic N) is 2. The largest absolute Gasteiger partial charge is 0.468 e. The lowest BCUT2D eigenvalue weighted by Gasteiger charge is -2.15. The lowest BCUT2D eigenvalue weighted by molar-refractivity contribution is -0.142. The molecule has 29 heavy (non-hydrogen) atoms. The Labute approximate surface area is 173 Å². The monoisotopic (exact) mass is 405 g/mol. The third kappa shape index (κ3) is 3.93. The summed E-state index contributed by atoms with van der Waals surface area (Å²) in [6.07, 6.45) is 1.50. The predicted octanol–water partition coefficient (Wildman–Crippen LogP) is 5.51. The lowest BCUT2D eigenvalue weighted by atomic mass is 10.0. The first kappa shape index (κ1) is 19.3. The van der Waals surface area contributed by atoms with Crippen molar-refractivity contribution in [2.75, 3.05) is 12.4 Å². The molecule has 5 nitrogen and oxygen atoms in total. The normalized spacial score (nSPS) is 12.2. The highest BCUT2D eigenvalue weighted by atomic mass is 32.1. The first-order valence-electron chi connectivity index (χ1n) is 9.76. The molecule has 2 heterocycles. The molecule has 2 aromatic heterocycles. The van der Waals surface area contributed by atoms with Gasteiger partial charge in [0.25, 0.3) is 0 Å².